The van der Waals surface area contributed by atoms with Crippen LogP contribution in [0.5, 0.6) is 0 Å². The topological polar surface area (TPSA) is 75.4 Å². The molecule has 0 atom stereocenters. The Kier molecular flexibility index (Phi) is 5.89. The van der Waals surface area contributed by atoms with Crippen molar-refractivity contribution in [3.8, 4) is 11.5 Å². The molecule has 0 radical (unpaired) electrons. The van der Waals surface area contributed by atoms with Crippen molar-refractivity contribution in [3.63, 3.8) is 0 Å². The van der Waals surface area contributed by atoms with Crippen molar-refractivity contribution in [2.45, 2.75) is 20.3 Å². The third-order valence-electron chi connectivity index (χ3n) is 4.46. The molecule has 0 aliphatic heterocycles. The van der Waals surface area contributed by atoms with Gasteiger partial charge in [0.05, 0.1) is 18.7 Å². The van der Waals surface area contributed by atoms with E-state index < -0.39 is 0 Å². The molecule has 1 aromatic heterocycles. The summed E-state index contributed by atoms with van der Waals surface area (Å²) in [5.74, 6) is 0.0294. The number of hydrogen-bond acceptors (Lipinski definition) is 4. The van der Waals surface area contributed by atoms with E-state index in [1.165, 1.54) is 11.2 Å². The molecule has 0 saturated carbocycles. The van der Waals surface area contributed by atoms with Crippen LogP contribution in [0.15, 0.2) is 59.2 Å². The molecule has 0 saturated heterocycles. The van der Waals surface area contributed by atoms with E-state index in [2.05, 4.69) is 10.3 Å². The molecule has 0 aliphatic rings. The molecule has 2 aromatic carbocycles. The summed E-state index contributed by atoms with van der Waals surface area (Å²) in [5.41, 5.74) is 4.14. The van der Waals surface area contributed by atoms with Crippen LogP contribution in [0.1, 0.15) is 16.8 Å². The Morgan fingerprint density at radius 3 is 2.39 bits per heavy atom. The lowest BCUT2D eigenvalue weighted by Crippen LogP contribution is -2.36. The highest BCUT2D eigenvalue weighted by Gasteiger charge is 2.17. The molecule has 144 valence electrons. The van der Waals surface area contributed by atoms with E-state index in [0.717, 1.165) is 22.4 Å². The Balaban J connectivity index is 1.57. The lowest BCUT2D eigenvalue weighted by atomic mass is 10.1. The van der Waals surface area contributed by atoms with E-state index in [1.807, 2.05) is 62.4 Å². The van der Waals surface area contributed by atoms with Crippen LogP contribution in [0.25, 0.3) is 11.5 Å². The lowest BCUT2D eigenvalue weighted by Gasteiger charge is -2.17. The first-order valence-electron chi connectivity index (χ1n) is 9.04. The highest BCUT2D eigenvalue weighted by molar-refractivity contribution is 5.95. The van der Waals surface area contributed by atoms with Crippen molar-refractivity contribution in [2.75, 3.05) is 18.9 Å². The first kappa shape index (κ1) is 19.4. The average Bonchev–Trinajstić information content (AvgIpc) is 3.14. The van der Waals surface area contributed by atoms with Gasteiger partial charge in [-0.15, -0.1) is 0 Å². The lowest BCUT2D eigenvalue weighted by molar-refractivity contribution is -0.132. The molecule has 3 aromatic rings. The largest absolute Gasteiger partial charge is 0.444 e. The van der Waals surface area contributed by atoms with Crippen LogP contribution in [0.4, 0.5) is 5.69 Å². The predicted molar refractivity (Wildman–Crippen MR) is 108 cm³/mol. The van der Waals surface area contributed by atoms with Gasteiger partial charge in [0.2, 0.25) is 17.7 Å². The average molecular weight is 377 g/mol. The summed E-state index contributed by atoms with van der Waals surface area (Å²) in [5, 5.41) is 2.89. The zero-order chi connectivity index (χ0) is 20.1. The Hall–Kier alpha value is -3.41. The fourth-order valence-corrected chi connectivity index (χ4v) is 2.89. The second kappa shape index (κ2) is 8.52. The summed E-state index contributed by atoms with van der Waals surface area (Å²) in [6, 6.07) is 15.3. The summed E-state index contributed by atoms with van der Waals surface area (Å²) >= 11 is 0. The number of aryl methyl sites for hydroxylation is 2. The third kappa shape index (κ3) is 4.65. The quantitative estimate of drug-likeness (QED) is 0.712. The fraction of sp³-hybridized carbons (Fsp3) is 0.227. The summed E-state index contributed by atoms with van der Waals surface area (Å²) < 4.78 is 5.46. The zero-order valence-corrected chi connectivity index (χ0v) is 16.2. The number of carbonyl (C=O) groups is 2. The van der Waals surface area contributed by atoms with E-state index in [-0.39, 0.29) is 24.8 Å². The van der Waals surface area contributed by atoms with Crippen LogP contribution in [-0.4, -0.2) is 35.3 Å². The number of aromatic nitrogens is 1. The molecule has 6 heteroatoms. The number of para-hydroxylation sites is 1. The van der Waals surface area contributed by atoms with Gasteiger partial charge in [-0.1, -0.05) is 36.4 Å². The molecule has 2 amide bonds. The standard InChI is InChI=1S/C22H23N3O3/c1-15-8-7-9-16(2)21(15)24-19(26)13-25(3)20(27)12-18-14-28-22(23-18)17-10-5-4-6-11-17/h4-11,14H,12-13H2,1-3H3,(H,24,26). The third-order valence-corrected chi connectivity index (χ3v) is 4.46. The van der Waals surface area contributed by atoms with E-state index >= 15 is 0 Å². The van der Waals surface area contributed by atoms with Gasteiger partial charge in [-0.05, 0) is 37.1 Å². The minimum atomic E-state index is -0.238. The first-order chi connectivity index (χ1) is 13.4. The van der Waals surface area contributed by atoms with Crippen LogP contribution in [0.3, 0.4) is 0 Å². The Bertz CT molecular complexity index is 959. The smallest absolute Gasteiger partial charge is 0.243 e. The molecule has 0 spiro atoms. The van der Waals surface area contributed by atoms with Crippen molar-refractivity contribution in [1.82, 2.24) is 9.88 Å². The number of nitrogens with one attached hydrogen (secondary N) is 1. The van der Waals surface area contributed by atoms with Crippen molar-refractivity contribution in [2.24, 2.45) is 0 Å². The number of anilines is 1. The van der Waals surface area contributed by atoms with Gasteiger partial charge in [0.15, 0.2) is 0 Å². The molecule has 1 N–H and O–H groups in total. The monoisotopic (exact) mass is 377 g/mol. The van der Waals surface area contributed by atoms with E-state index in [1.54, 1.807) is 7.05 Å². The van der Waals surface area contributed by atoms with Crippen molar-refractivity contribution in [1.29, 1.82) is 0 Å². The van der Waals surface area contributed by atoms with E-state index in [0.29, 0.717) is 11.6 Å². The van der Waals surface area contributed by atoms with Gasteiger partial charge in [0.1, 0.15) is 6.26 Å². The minimum Gasteiger partial charge on any atom is -0.444 e. The molecule has 0 bridgehead atoms. The number of carbonyl (C=O) groups excluding carboxylic acids is 2. The number of likely N-dealkylation sites (N-methyl/N-ethyl adjacent to an activating group) is 1. The normalized spacial score (nSPS) is 10.5. The number of hydrogen-bond donors (Lipinski definition) is 1. The van der Waals surface area contributed by atoms with E-state index in [9.17, 15) is 9.59 Å². The number of nitrogens with zero attached hydrogens (tertiary/aromatic N) is 2. The van der Waals surface area contributed by atoms with Crippen LogP contribution < -0.4 is 5.32 Å². The summed E-state index contributed by atoms with van der Waals surface area (Å²) in [7, 11) is 1.60. The maximum absolute atomic E-state index is 12.4. The first-order valence-corrected chi connectivity index (χ1v) is 9.04. The fourth-order valence-electron chi connectivity index (χ4n) is 2.89. The minimum absolute atomic E-state index is 0.0317. The van der Waals surface area contributed by atoms with Crippen molar-refractivity contribution < 1.29 is 14.0 Å². The molecule has 28 heavy (non-hydrogen) atoms. The number of oxazole rings is 1. The van der Waals surface area contributed by atoms with Gasteiger partial charge in [-0.3, -0.25) is 9.59 Å². The number of rotatable bonds is 6. The van der Waals surface area contributed by atoms with Gasteiger partial charge < -0.3 is 14.6 Å². The predicted octanol–water partition coefficient (Wildman–Crippen LogP) is 3.60. The van der Waals surface area contributed by atoms with Crippen LogP contribution >= 0.6 is 0 Å². The highest BCUT2D eigenvalue weighted by atomic mass is 16.3. The van der Waals surface area contributed by atoms with Crippen LogP contribution in [0.2, 0.25) is 0 Å². The highest BCUT2D eigenvalue weighted by Crippen LogP contribution is 2.20. The molecular weight excluding hydrogens is 354 g/mol. The van der Waals surface area contributed by atoms with Gasteiger partial charge in [0, 0.05) is 18.3 Å². The zero-order valence-electron chi connectivity index (χ0n) is 16.2. The second-order valence-electron chi connectivity index (χ2n) is 6.75. The molecular formula is C22H23N3O3. The Morgan fingerprint density at radius 2 is 1.71 bits per heavy atom. The molecule has 0 unspecified atom stereocenters. The Morgan fingerprint density at radius 1 is 1.04 bits per heavy atom. The summed E-state index contributed by atoms with van der Waals surface area (Å²) in [6.07, 6.45) is 1.55. The second-order valence-corrected chi connectivity index (χ2v) is 6.75. The van der Waals surface area contributed by atoms with Crippen LogP contribution in [0, 0.1) is 13.8 Å². The van der Waals surface area contributed by atoms with Gasteiger partial charge in [-0.25, -0.2) is 4.98 Å². The molecule has 1 heterocycles. The summed E-state index contributed by atoms with van der Waals surface area (Å²) in [6.45, 7) is 3.84. The van der Waals surface area contributed by atoms with Gasteiger partial charge in [0.25, 0.3) is 0 Å². The van der Waals surface area contributed by atoms with E-state index in [4.69, 9.17) is 4.42 Å². The SMILES string of the molecule is Cc1cccc(C)c1NC(=O)CN(C)C(=O)Cc1coc(-c2ccccc2)n1. The van der Waals surface area contributed by atoms with Crippen molar-refractivity contribution >= 4 is 17.5 Å². The maximum Gasteiger partial charge on any atom is 0.243 e. The molecule has 0 fully saturated rings. The van der Waals surface area contributed by atoms with Crippen LogP contribution in [-0.2, 0) is 16.0 Å². The number of benzene rings is 2. The maximum atomic E-state index is 12.4. The van der Waals surface area contributed by atoms with Gasteiger partial charge in [-0.2, -0.15) is 0 Å². The van der Waals surface area contributed by atoms with Crippen molar-refractivity contribution in [3.05, 3.63) is 71.6 Å². The molecule has 0 aliphatic carbocycles. The van der Waals surface area contributed by atoms with Gasteiger partial charge >= 0.3 is 0 Å². The molecule has 6 nitrogen and oxygen atoms in total. The Labute approximate surface area is 164 Å². The summed E-state index contributed by atoms with van der Waals surface area (Å²) in [4.78, 5) is 30.5. The number of amides is 2. The molecule has 3 rings (SSSR count).